The summed E-state index contributed by atoms with van der Waals surface area (Å²) in [5, 5.41) is 14.3. The van der Waals surface area contributed by atoms with Crippen molar-refractivity contribution in [3.05, 3.63) is 54.0 Å². The van der Waals surface area contributed by atoms with Gasteiger partial charge in [0.15, 0.2) is 11.4 Å². The van der Waals surface area contributed by atoms with Gasteiger partial charge in [-0.15, -0.1) is 0 Å². The van der Waals surface area contributed by atoms with Crippen molar-refractivity contribution < 1.29 is 9.21 Å². The molecule has 0 atom stereocenters. The van der Waals surface area contributed by atoms with Crippen LogP contribution < -0.4 is 10.6 Å². The van der Waals surface area contributed by atoms with Crippen LogP contribution in [0.2, 0.25) is 0 Å². The number of furan rings is 1. The smallest absolute Gasteiger partial charge is 0.251 e. The number of benzene rings is 1. The van der Waals surface area contributed by atoms with Gasteiger partial charge in [-0.1, -0.05) is 11.8 Å². The van der Waals surface area contributed by atoms with E-state index in [1.165, 1.54) is 11.8 Å². The van der Waals surface area contributed by atoms with Gasteiger partial charge in [-0.2, -0.15) is 5.26 Å². The first kappa shape index (κ1) is 15.7. The highest BCUT2D eigenvalue weighted by molar-refractivity contribution is 8.13. The van der Waals surface area contributed by atoms with Crippen molar-refractivity contribution in [2.75, 3.05) is 6.26 Å². The third kappa shape index (κ3) is 4.40. The van der Waals surface area contributed by atoms with E-state index >= 15 is 0 Å². The van der Waals surface area contributed by atoms with Gasteiger partial charge in [0.05, 0.1) is 18.5 Å². The Morgan fingerprint density at radius 2 is 2.14 bits per heavy atom. The molecule has 2 aromatic rings. The number of hydrogen-bond donors (Lipinski definition) is 2. The van der Waals surface area contributed by atoms with E-state index < -0.39 is 0 Å². The molecule has 0 radical (unpaired) electrons. The van der Waals surface area contributed by atoms with Crippen LogP contribution in [0.1, 0.15) is 16.1 Å². The Kier molecular flexibility index (Phi) is 5.63. The van der Waals surface area contributed by atoms with E-state index in [2.05, 4.69) is 15.6 Å². The summed E-state index contributed by atoms with van der Waals surface area (Å²) in [6.45, 7) is 0.342. The van der Waals surface area contributed by atoms with E-state index in [1.54, 1.807) is 42.7 Å². The Bertz CT molecular complexity index is 687. The van der Waals surface area contributed by atoms with Crippen LogP contribution in [-0.4, -0.2) is 17.3 Å². The molecule has 22 heavy (non-hydrogen) atoms. The van der Waals surface area contributed by atoms with Gasteiger partial charge in [0.2, 0.25) is 0 Å². The molecule has 1 aromatic carbocycles. The van der Waals surface area contributed by atoms with Gasteiger partial charge >= 0.3 is 0 Å². The number of nitriles is 1. The third-order valence-corrected chi connectivity index (χ3v) is 3.30. The molecule has 1 aromatic heterocycles. The van der Waals surface area contributed by atoms with E-state index in [0.717, 1.165) is 0 Å². The predicted molar refractivity (Wildman–Crippen MR) is 85.7 cm³/mol. The maximum Gasteiger partial charge on any atom is 0.251 e. The number of aliphatic imine (C=N–C) groups is 1. The summed E-state index contributed by atoms with van der Waals surface area (Å²) in [4.78, 5) is 16.2. The summed E-state index contributed by atoms with van der Waals surface area (Å²) >= 11 is 1.33. The molecule has 0 saturated carbocycles. The quantitative estimate of drug-likeness (QED) is 0.392. The summed E-state index contributed by atoms with van der Waals surface area (Å²) < 4.78 is 5.15. The molecular formula is C15H14N4O2S. The average Bonchev–Trinajstić information content (AvgIpc) is 3.06. The fraction of sp³-hybridized carbons (Fsp3) is 0.133. The van der Waals surface area contributed by atoms with Crippen molar-refractivity contribution in [2.45, 2.75) is 6.54 Å². The minimum atomic E-state index is -0.188. The fourth-order valence-electron chi connectivity index (χ4n) is 1.66. The van der Waals surface area contributed by atoms with Crippen LogP contribution in [0.4, 0.5) is 5.69 Å². The van der Waals surface area contributed by atoms with Crippen molar-refractivity contribution >= 4 is 28.5 Å². The monoisotopic (exact) mass is 314 g/mol. The van der Waals surface area contributed by atoms with Crippen LogP contribution in [0.3, 0.4) is 0 Å². The van der Waals surface area contributed by atoms with E-state index in [0.29, 0.717) is 28.7 Å². The van der Waals surface area contributed by atoms with E-state index in [4.69, 9.17) is 9.68 Å². The normalized spacial score (nSPS) is 10.8. The number of rotatable bonds is 4. The van der Waals surface area contributed by atoms with Crippen LogP contribution in [0.5, 0.6) is 0 Å². The first-order chi connectivity index (χ1) is 10.7. The Balaban J connectivity index is 1.99. The predicted octanol–water partition coefficient (Wildman–Crippen LogP) is 2.63. The molecule has 6 nitrogen and oxygen atoms in total. The minimum absolute atomic E-state index is 0.188. The van der Waals surface area contributed by atoms with E-state index in [1.807, 2.05) is 12.4 Å². The number of nitrogens with one attached hydrogen (secondary N) is 2. The van der Waals surface area contributed by atoms with E-state index in [-0.39, 0.29) is 5.91 Å². The molecule has 0 fully saturated rings. The Hall–Kier alpha value is -2.72. The number of carbonyl (C=O) groups excluding carboxylic acids is 1. The molecule has 7 heteroatoms. The molecule has 2 rings (SSSR count). The zero-order valence-corrected chi connectivity index (χ0v) is 12.7. The van der Waals surface area contributed by atoms with Crippen LogP contribution in [0.25, 0.3) is 0 Å². The first-order valence-electron chi connectivity index (χ1n) is 6.41. The minimum Gasteiger partial charge on any atom is -0.467 e. The molecule has 0 unspecified atom stereocenters. The zero-order chi connectivity index (χ0) is 15.8. The van der Waals surface area contributed by atoms with Crippen molar-refractivity contribution in [1.29, 1.82) is 5.26 Å². The fourth-order valence-corrected chi connectivity index (χ4v) is 2.00. The van der Waals surface area contributed by atoms with Gasteiger partial charge in [-0.25, -0.2) is 4.99 Å². The Labute approximate surface area is 132 Å². The molecule has 112 valence electrons. The van der Waals surface area contributed by atoms with Crippen molar-refractivity contribution in [1.82, 2.24) is 10.6 Å². The second kappa shape index (κ2) is 7.90. The number of amidine groups is 1. The molecule has 0 saturated heterocycles. The Morgan fingerprint density at radius 1 is 1.36 bits per heavy atom. The Morgan fingerprint density at radius 3 is 2.73 bits per heavy atom. The van der Waals surface area contributed by atoms with Crippen molar-refractivity contribution in [2.24, 2.45) is 4.99 Å². The number of thioether (sulfide) groups is 1. The molecular weight excluding hydrogens is 300 g/mol. The molecule has 1 amide bonds. The topological polar surface area (TPSA) is 90.4 Å². The number of carbonyl (C=O) groups is 1. The van der Waals surface area contributed by atoms with Crippen LogP contribution in [0, 0.1) is 11.5 Å². The third-order valence-electron chi connectivity index (χ3n) is 2.72. The standard InChI is InChI=1S/C15H14N4O2S/c1-22-15(18-10-16)19-12-6-4-11(5-7-12)14(20)17-9-13-3-2-8-21-13/h2-8H,9H2,1H3,(H,17,20)(H,18,19). The highest BCUT2D eigenvalue weighted by Crippen LogP contribution is 2.15. The largest absolute Gasteiger partial charge is 0.467 e. The lowest BCUT2D eigenvalue weighted by atomic mass is 10.2. The number of nitrogens with zero attached hydrogens (tertiary/aromatic N) is 2. The van der Waals surface area contributed by atoms with Gasteiger partial charge in [0.1, 0.15) is 5.76 Å². The average molecular weight is 314 g/mol. The highest BCUT2D eigenvalue weighted by Gasteiger charge is 2.06. The lowest BCUT2D eigenvalue weighted by Crippen LogP contribution is -2.22. The second-order valence-corrected chi connectivity index (χ2v) is 4.96. The maximum atomic E-state index is 12.0. The van der Waals surface area contributed by atoms with Crippen molar-refractivity contribution in [3.8, 4) is 6.19 Å². The second-order valence-electron chi connectivity index (χ2n) is 4.17. The zero-order valence-electron chi connectivity index (χ0n) is 11.9. The van der Waals surface area contributed by atoms with Crippen LogP contribution >= 0.6 is 11.8 Å². The first-order valence-corrected chi connectivity index (χ1v) is 7.64. The molecule has 0 spiro atoms. The van der Waals surface area contributed by atoms with Gasteiger partial charge in [0.25, 0.3) is 5.91 Å². The highest BCUT2D eigenvalue weighted by atomic mass is 32.2. The lowest BCUT2D eigenvalue weighted by Gasteiger charge is -2.04. The summed E-state index contributed by atoms with van der Waals surface area (Å²) in [6.07, 6.45) is 5.21. The lowest BCUT2D eigenvalue weighted by molar-refractivity contribution is 0.0948. The molecule has 0 aliphatic heterocycles. The molecule has 2 N–H and O–H groups in total. The SMILES string of the molecule is CSC(=Nc1ccc(C(=O)NCc2ccco2)cc1)NC#N. The van der Waals surface area contributed by atoms with Crippen LogP contribution in [-0.2, 0) is 6.54 Å². The number of amides is 1. The van der Waals surface area contributed by atoms with Gasteiger partial charge in [0, 0.05) is 5.56 Å². The maximum absolute atomic E-state index is 12.0. The summed E-state index contributed by atoms with van der Waals surface area (Å²) in [5.41, 5.74) is 1.19. The summed E-state index contributed by atoms with van der Waals surface area (Å²) in [6, 6.07) is 10.4. The van der Waals surface area contributed by atoms with Crippen molar-refractivity contribution in [3.63, 3.8) is 0 Å². The van der Waals surface area contributed by atoms with Gasteiger partial charge in [-0.05, 0) is 42.7 Å². The van der Waals surface area contributed by atoms with Crippen LogP contribution in [0.15, 0.2) is 52.1 Å². The van der Waals surface area contributed by atoms with Gasteiger partial charge in [-0.3, -0.25) is 10.1 Å². The molecule has 0 aliphatic rings. The number of hydrogen-bond acceptors (Lipinski definition) is 5. The van der Waals surface area contributed by atoms with Gasteiger partial charge < -0.3 is 9.73 Å². The molecule has 0 aliphatic carbocycles. The van der Waals surface area contributed by atoms with E-state index in [9.17, 15) is 4.79 Å². The summed E-state index contributed by atoms with van der Waals surface area (Å²) in [5.74, 6) is 0.508. The summed E-state index contributed by atoms with van der Waals surface area (Å²) in [7, 11) is 0. The molecule has 0 bridgehead atoms. The molecule has 1 heterocycles.